The van der Waals surface area contributed by atoms with Crippen molar-refractivity contribution in [2.45, 2.75) is 32.6 Å². The molecule has 0 spiro atoms. The zero-order valence-electron chi connectivity index (χ0n) is 8.55. The Morgan fingerprint density at radius 2 is 2.29 bits per heavy atom. The molecule has 1 aromatic heterocycles. The smallest absolute Gasteiger partial charge is 0.141 e. The van der Waals surface area contributed by atoms with E-state index < -0.39 is 0 Å². The van der Waals surface area contributed by atoms with E-state index in [1.54, 1.807) is 0 Å². The van der Waals surface area contributed by atoms with E-state index in [0.717, 1.165) is 24.1 Å². The highest BCUT2D eigenvalue weighted by Crippen LogP contribution is 2.21. The maximum Gasteiger partial charge on any atom is 0.141 e. The average molecular weight is 194 g/mol. The summed E-state index contributed by atoms with van der Waals surface area (Å²) < 4.78 is 13.0. The lowest BCUT2D eigenvalue weighted by molar-refractivity contribution is 0.613. The summed E-state index contributed by atoms with van der Waals surface area (Å²) in [6.45, 7) is 3.97. The van der Waals surface area contributed by atoms with Gasteiger partial charge in [0.15, 0.2) is 0 Å². The third-order valence-corrected chi connectivity index (χ3v) is 2.35. The molecule has 1 heterocycles. The van der Waals surface area contributed by atoms with Gasteiger partial charge in [-0.2, -0.15) is 0 Å². The number of nitrogens with one attached hydrogen (secondary N) is 1. The van der Waals surface area contributed by atoms with Gasteiger partial charge in [0.25, 0.3) is 0 Å². The van der Waals surface area contributed by atoms with Crippen molar-refractivity contribution in [3.05, 3.63) is 29.3 Å². The molecule has 1 rings (SSSR count). The fourth-order valence-electron chi connectivity index (χ4n) is 1.53. The molecule has 3 heteroatoms. The zero-order chi connectivity index (χ0) is 10.6. The molecule has 1 aromatic rings. The molecule has 0 unspecified atom stereocenters. The molecular formula is C11H15FN2. The van der Waals surface area contributed by atoms with Crippen LogP contribution in [0, 0.1) is 11.2 Å². The van der Waals surface area contributed by atoms with Crippen molar-refractivity contribution in [1.29, 1.82) is 5.41 Å². The third kappa shape index (κ3) is 2.16. The molecule has 0 radical (unpaired) electrons. The molecule has 2 nitrogen and oxygen atoms in total. The lowest BCUT2D eigenvalue weighted by Gasteiger charge is -2.12. The molecule has 1 N–H and O–H groups in total. The molecule has 0 aliphatic heterocycles. The van der Waals surface area contributed by atoms with Gasteiger partial charge in [-0.25, -0.2) is 4.39 Å². The second-order valence-corrected chi connectivity index (χ2v) is 3.22. The molecular weight excluding hydrogens is 179 g/mol. The molecule has 0 fully saturated rings. The van der Waals surface area contributed by atoms with Gasteiger partial charge in [-0.3, -0.25) is 4.98 Å². The van der Waals surface area contributed by atoms with Crippen molar-refractivity contribution in [2.24, 2.45) is 0 Å². The van der Waals surface area contributed by atoms with E-state index in [1.807, 2.05) is 13.8 Å². The summed E-state index contributed by atoms with van der Waals surface area (Å²) in [7, 11) is 0. The molecule has 0 aliphatic carbocycles. The van der Waals surface area contributed by atoms with Crippen LogP contribution in [0.5, 0.6) is 0 Å². The molecule has 76 valence electrons. The Morgan fingerprint density at radius 1 is 1.57 bits per heavy atom. The van der Waals surface area contributed by atoms with Crippen LogP contribution >= 0.6 is 0 Å². The molecule has 0 saturated carbocycles. The zero-order valence-corrected chi connectivity index (χ0v) is 8.55. The van der Waals surface area contributed by atoms with Gasteiger partial charge in [0.05, 0.1) is 6.20 Å². The quantitative estimate of drug-likeness (QED) is 0.735. The summed E-state index contributed by atoms with van der Waals surface area (Å²) >= 11 is 0. The predicted molar refractivity (Wildman–Crippen MR) is 55.4 cm³/mol. The minimum absolute atomic E-state index is 0.00634. The number of hydrogen-bond acceptors (Lipinski definition) is 2. The highest BCUT2D eigenvalue weighted by Gasteiger charge is 2.12. The van der Waals surface area contributed by atoms with Crippen LogP contribution in [0.4, 0.5) is 4.39 Å². The molecule has 0 aromatic carbocycles. The predicted octanol–water partition coefficient (Wildman–Crippen LogP) is 2.93. The number of pyridine rings is 1. The Labute approximate surface area is 83.7 Å². The van der Waals surface area contributed by atoms with Gasteiger partial charge in [-0.15, -0.1) is 0 Å². The Hall–Kier alpha value is -1.25. The normalized spacial score (nSPS) is 12.5. The largest absolute Gasteiger partial charge is 0.312 e. The first-order valence-electron chi connectivity index (χ1n) is 4.87. The highest BCUT2D eigenvalue weighted by atomic mass is 19.1. The van der Waals surface area contributed by atoms with Crippen LogP contribution in [0.25, 0.3) is 0 Å². The minimum Gasteiger partial charge on any atom is -0.312 e. The van der Waals surface area contributed by atoms with Gasteiger partial charge >= 0.3 is 0 Å². The highest BCUT2D eigenvalue weighted by molar-refractivity contribution is 5.65. The minimum atomic E-state index is -0.322. The molecule has 14 heavy (non-hydrogen) atoms. The van der Waals surface area contributed by atoms with Crippen LogP contribution < -0.4 is 0 Å². The number of aromatic nitrogens is 1. The van der Waals surface area contributed by atoms with Crippen LogP contribution in [0.2, 0.25) is 0 Å². The molecule has 0 saturated heterocycles. The summed E-state index contributed by atoms with van der Waals surface area (Å²) in [5.41, 5.74) is 1.74. The van der Waals surface area contributed by atoms with Crippen LogP contribution in [0.1, 0.15) is 37.4 Å². The van der Waals surface area contributed by atoms with E-state index in [9.17, 15) is 4.39 Å². The first kappa shape index (κ1) is 10.8. The van der Waals surface area contributed by atoms with Crippen molar-refractivity contribution in [3.63, 3.8) is 0 Å². The van der Waals surface area contributed by atoms with Gasteiger partial charge in [-0.1, -0.05) is 13.8 Å². The Balaban J connectivity index is 3.14. The molecule has 1 atom stereocenters. The molecule has 0 aliphatic rings. The first-order valence-corrected chi connectivity index (χ1v) is 4.87. The number of nitrogens with zero attached hydrogens (tertiary/aromatic N) is 1. The summed E-state index contributed by atoms with van der Waals surface area (Å²) in [5.74, 6) is -0.328. The SMILES string of the molecule is CCc1ncc(F)cc1[C@H](C=N)CC. The van der Waals surface area contributed by atoms with Gasteiger partial charge in [0.1, 0.15) is 5.82 Å². The van der Waals surface area contributed by atoms with Crippen LogP contribution in [0.3, 0.4) is 0 Å². The van der Waals surface area contributed by atoms with E-state index in [0.29, 0.717) is 0 Å². The maximum atomic E-state index is 13.0. The number of hydrogen-bond donors (Lipinski definition) is 1. The van der Waals surface area contributed by atoms with E-state index in [2.05, 4.69) is 4.98 Å². The third-order valence-electron chi connectivity index (χ3n) is 2.35. The average Bonchev–Trinajstić information content (AvgIpc) is 2.20. The van der Waals surface area contributed by atoms with Gasteiger partial charge in [0, 0.05) is 17.8 Å². The lowest BCUT2D eigenvalue weighted by Crippen LogP contribution is -2.05. The molecule has 0 amide bonds. The van der Waals surface area contributed by atoms with Crippen molar-refractivity contribution < 1.29 is 4.39 Å². The fourth-order valence-corrected chi connectivity index (χ4v) is 1.53. The van der Waals surface area contributed by atoms with Crippen molar-refractivity contribution in [3.8, 4) is 0 Å². The fraction of sp³-hybridized carbons (Fsp3) is 0.455. The summed E-state index contributed by atoms with van der Waals surface area (Å²) in [6, 6.07) is 1.49. The Kier molecular flexibility index (Phi) is 3.74. The van der Waals surface area contributed by atoms with E-state index in [-0.39, 0.29) is 11.7 Å². The standard InChI is InChI=1S/C11H15FN2/c1-3-8(6-13)10-5-9(12)7-14-11(10)4-2/h5-8,13H,3-4H2,1-2H3/t8-/m0/s1. The summed E-state index contributed by atoms with van der Waals surface area (Å²) in [5, 5.41) is 7.26. The van der Waals surface area contributed by atoms with Gasteiger partial charge in [0.2, 0.25) is 0 Å². The van der Waals surface area contributed by atoms with Gasteiger partial charge in [-0.05, 0) is 24.5 Å². The van der Waals surface area contributed by atoms with Crippen LogP contribution in [0.15, 0.2) is 12.3 Å². The monoisotopic (exact) mass is 194 g/mol. The van der Waals surface area contributed by atoms with E-state index in [1.165, 1.54) is 18.5 Å². The van der Waals surface area contributed by atoms with Crippen LogP contribution in [-0.4, -0.2) is 11.2 Å². The number of halogens is 1. The Bertz CT molecular complexity index is 323. The molecule has 0 bridgehead atoms. The van der Waals surface area contributed by atoms with Crippen molar-refractivity contribution in [1.82, 2.24) is 4.98 Å². The van der Waals surface area contributed by atoms with Gasteiger partial charge < -0.3 is 5.41 Å². The van der Waals surface area contributed by atoms with Crippen molar-refractivity contribution >= 4 is 6.21 Å². The summed E-state index contributed by atoms with van der Waals surface area (Å²) in [6.07, 6.45) is 4.18. The maximum absolute atomic E-state index is 13.0. The number of aryl methyl sites for hydroxylation is 1. The van der Waals surface area contributed by atoms with E-state index in [4.69, 9.17) is 5.41 Å². The van der Waals surface area contributed by atoms with E-state index >= 15 is 0 Å². The second-order valence-electron chi connectivity index (χ2n) is 3.22. The van der Waals surface area contributed by atoms with Crippen LogP contribution in [-0.2, 0) is 6.42 Å². The second kappa shape index (κ2) is 4.84. The summed E-state index contributed by atoms with van der Waals surface area (Å²) in [4.78, 5) is 4.04. The topological polar surface area (TPSA) is 36.7 Å². The first-order chi connectivity index (χ1) is 6.72. The Morgan fingerprint density at radius 3 is 2.79 bits per heavy atom. The lowest BCUT2D eigenvalue weighted by atomic mass is 9.95. The van der Waals surface area contributed by atoms with Crippen molar-refractivity contribution in [2.75, 3.05) is 0 Å². The number of rotatable bonds is 4.